The fourth-order valence-corrected chi connectivity index (χ4v) is 2.78. The van der Waals surface area contributed by atoms with Gasteiger partial charge in [-0.3, -0.25) is 0 Å². The Balaban J connectivity index is 2.04. The van der Waals surface area contributed by atoms with Crippen LogP contribution in [0, 0.1) is 11.8 Å². The van der Waals surface area contributed by atoms with Crippen molar-refractivity contribution in [1.29, 1.82) is 0 Å². The number of imidazole rings is 1. The van der Waals surface area contributed by atoms with Crippen LogP contribution in [0.3, 0.4) is 0 Å². The molecule has 1 aromatic rings. The lowest BCUT2D eigenvalue weighted by Gasteiger charge is -2.29. The SMILES string of the molecule is CC(N)c1cncn1CC1CCCCC1C. The molecule has 90 valence electrons. The fraction of sp³-hybridized carbons (Fsp3) is 0.769. The first-order valence-electron chi connectivity index (χ1n) is 6.44. The highest BCUT2D eigenvalue weighted by atomic mass is 15.1. The quantitative estimate of drug-likeness (QED) is 0.853. The maximum Gasteiger partial charge on any atom is 0.0948 e. The average Bonchev–Trinajstić information content (AvgIpc) is 2.69. The van der Waals surface area contributed by atoms with E-state index in [0.29, 0.717) is 0 Å². The highest BCUT2D eigenvalue weighted by Crippen LogP contribution is 2.31. The van der Waals surface area contributed by atoms with Crippen LogP contribution in [0.5, 0.6) is 0 Å². The molecule has 1 heterocycles. The molecule has 2 rings (SSSR count). The Hall–Kier alpha value is -0.830. The van der Waals surface area contributed by atoms with Gasteiger partial charge in [0, 0.05) is 18.8 Å². The van der Waals surface area contributed by atoms with Gasteiger partial charge < -0.3 is 10.3 Å². The number of rotatable bonds is 3. The number of nitrogens with two attached hydrogens (primary N) is 1. The Morgan fingerprint density at radius 1 is 1.50 bits per heavy atom. The highest BCUT2D eigenvalue weighted by Gasteiger charge is 2.22. The molecule has 0 radical (unpaired) electrons. The normalized spacial score (nSPS) is 27.9. The van der Waals surface area contributed by atoms with Crippen molar-refractivity contribution in [1.82, 2.24) is 9.55 Å². The fourth-order valence-electron chi connectivity index (χ4n) is 2.78. The maximum absolute atomic E-state index is 5.94. The topological polar surface area (TPSA) is 43.8 Å². The molecule has 0 saturated heterocycles. The zero-order chi connectivity index (χ0) is 11.5. The molecular weight excluding hydrogens is 198 g/mol. The summed E-state index contributed by atoms with van der Waals surface area (Å²) in [5, 5.41) is 0. The molecule has 3 heteroatoms. The second-order valence-corrected chi connectivity index (χ2v) is 5.28. The highest BCUT2D eigenvalue weighted by molar-refractivity contribution is 5.03. The summed E-state index contributed by atoms with van der Waals surface area (Å²) in [7, 11) is 0. The summed E-state index contributed by atoms with van der Waals surface area (Å²) in [6, 6.07) is 0.0846. The van der Waals surface area contributed by atoms with E-state index in [-0.39, 0.29) is 6.04 Å². The second kappa shape index (κ2) is 5.00. The third-order valence-electron chi connectivity index (χ3n) is 3.93. The van der Waals surface area contributed by atoms with Crippen LogP contribution in [0.25, 0.3) is 0 Å². The summed E-state index contributed by atoms with van der Waals surface area (Å²) >= 11 is 0. The zero-order valence-electron chi connectivity index (χ0n) is 10.4. The lowest BCUT2D eigenvalue weighted by Crippen LogP contribution is -2.23. The van der Waals surface area contributed by atoms with Crippen molar-refractivity contribution in [2.75, 3.05) is 0 Å². The summed E-state index contributed by atoms with van der Waals surface area (Å²) in [4.78, 5) is 4.22. The molecule has 0 amide bonds. The largest absolute Gasteiger partial charge is 0.333 e. The molecule has 1 saturated carbocycles. The van der Waals surface area contributed by atoms with Crippen molar-refractivity contribution >= 4 is 0 Å². The van der Waals surface area contributed by atoms with Crippen molar-refractivity contribution in [3.05, 3.63) is 18.2 Å². The van der Waals surface area contributed by atoms with Gasteiger partial charge in [-0.15, -0.1) is 0 Å². The van der Waals surface area contributed by atoms with E-state index in [9.17, 15) is 0 Å². The Morgan fingerprint density at radius 2 is 2.25 bits per heavy atom. The third-order valence-corrected chi connectivity index (χ3v) is 3.93. The van der Waals surface area contributed by atoms with Gasteiger partial charge in [0.15, 0.2) is 0 Å². The molecule has 2 N–H and O–H groups in total. The molecule has 1 fully saturated rings. The molecule has 0 aliphatic heterocycles. The summed E-state index contributed by atoms with van der Waals surface area (Å²) in [6.45, 7) is 5.50. The predicted octanol–water partition coefficient (Wildman–Crippen LogP) is 2.73. The maximum atomic E-state index is 5.94. The minimum absolute atomic E-state index is 0.0846. The molecule has 0 spiro atoms. The van der Waals surface area contributed by atoms with Crippen molar-refractivity contribution in [2.24, 2.45) is 17.6 Å². The third kappa shape index (κ3) is 2.46. The predicted molar refractivity (Wildman–Crippen MR) is 66.0 cm³/mol. The van der Waals surface area contributed by atoms with Crippen molar-refractivity contribution in [2.45, 2.75) is 52.1 Å². The molecule has 16 heavy (non-hydrogen) atoms. The van der Waals surface area contributed by atoms with Crippen LogP contribution in [-0.4, -0.2) is 9.55 Å². The molecule has 3 atom stereocenters. The van der Waals surface area contributed by atoms with Crippen molar-refractivity contribution in [3.8, 4) is 0 Å². The van der Waals surface area contributed by atoms with E-state index in [4.69, 9.17) is 5.73 Å². The number of aromatic nitrogens is 2. The van der Waals surface area contributed by atoms with Gasteiger partial charge in [0.05, 0.1) is 12.0 Å². The van der Waals surface area contributed by atoms with Gasteiger partial charge in [-0.25, -0.2) is 4.98 Å². The van der Waals surface area contributed by atoms with Crippen molar-refractivity contribution < 1.29 is 0 Å². The molecule has 3 unspecified atom stereocenters. The van der Waals surface area contributed by atoms with Crippen LogP contribution in [0.4, 0.5) is 0 Å². The molecule has 1 aliphatic carbocycles. The van der Waals surface area contributed by atoms with E-state index in [0.717, 1.165) is 24.1 Å². The van der Waals surface area contributed by atoms with Gasteiger partial charge in [-0.1, -0.05) is 26.2 Å². The molecule has 3 nitrogen and oxygen atoms in total. The minimum atomic E-state index is 0.0846. The number of hydrogen-bond acceptors (Lipinski definition) is 2. The average molecular weight is 221 g/mol. The van der Waals surface area contributed by atoms with E-state index in [1.165, 1.54) is 25.7 Å². The lowest BCUT2D eigenvalue weighted by molar-refractivity contribution is 0.226. The van der Waals surface area contributed by atoms with E-state index in [1.54, 1.807) is 0 Å². The first-order valence-corrected chi connectivity index (χ1v) is 6.44. The van der Waals surface area contributed by atoms with Gasteiger partial charge >= 0.3 is 0 Å². The standard InChI is InChI=1S/C13H23N3/c1-10-5-3-4-6-12(10)8-16-9-15-7-13(16)11(2)14/h7,9-12H,3-6,8,14H2,1-2H3. The Labute approximate surface area is 98.1 Å². The monoisotopic (exact) mass is 221 g/mol. The Bertz CT molecular complexity index is 330. The van der Waals surface area contributed by atoms with Crippen LogP contribution in [0.1, 0.15) is 51.3 Å². The van der Waals surface area contributed by atoms with Crippen LogP contribution in [0.15, 0.2) is 12.5 Å². The number of nitrogens with zero attached hydrogens (tertiary/aromatic N) is 2. The molecule has 1 aromatic heterocycles. The first kappa shape index (κ1) is 11.6. The van der Waals surface area contributed by atoms with Gasteiger partial charge in [0.1, 0.15) is 0 Å². The van der Waals surface area contributed by atoms with E-state index >= 15 is 0 Å². The summed E-state index contributed by atoms with van der Waals surface area (Å²) in [5.41, 5.74) is 7.10. The molecular formula is C13H23N3. The Morgan fingerprint density at radius 3 is 2.94 bits per heavy atom. The summed E-state index contributed by atoms with van der Waals surface area (Å²) in [5.74, 6) is 1.65. The Kier molecular flexibility index (Phi) is 3.64. The summed E-state index contributed by atoms with van der Waals surface area (Å²) < 4.78 is 2.25. The van der Waals surface area contributed by atoms with Gasteiger partial charge in [-0.2, -0.15) is 0 Å². The minimum Gasteiger partial charge on any atom is -0.333 e. The molecule has 1 aliphatic rings. The molecule has 0 bridgehead atoms. The smallest absolute Gasteiger partial charge is 0.0948 e. The zero-order valence-corrected chi connectivity index (χ0v) is 10.4. The van der Waals surface area contributed by atoms with Gasteiger partial charge in [0.2, 0.25) is 0 Å². The van der Waals surface area contributed by atoms with E-state index < -0.39 is 0 Å². The van der Waals surface area contributed by atoms with Crippen LogP contribution in [-0.2, 0) is 6.54 Å². The van der Waals surface area contributed by atoms with Crippen LogP contribution < -0.4 is 5.73 Å². The van der Waals surface area contributed by atoms with E-state index in [2.05, 4.69) is 16.5 Å². The number of hydrogen-bond donors (Lipinski definition) is 1. The van der Waals surface area contributed by atoms with E-state index in [1.807, 2.05) is 19.4 Å². The first-order chi connectivity index (χ1) is 7.68. The van der Waals surface area contributed by atoms with Gasteiger partial charge in [-0.05, 0) is 25.2 Å². The second-order valence-electron chi connectivity index (χ2n) is 5.28. The van der Waals surface area contributed by atoms with Gasteiger partial charge in [0.25, 0.3) is 0 Å². The van der Waals surface area contributed by atoms with Crippen molar-refractivity contribution in [3.63, 3.8) is 0 Å². The lowest BCUT2D eigenvalue weighted by atomic mass is 9.80. The van der Waals surface area contributed by atoms with Crippen LogP contribution >= 0.6 is 0 Å². The molecule has 0 aromatic carbocycles. The van der Waals surface area contributed by atoms with Crippen LogP contribution in [0.2, 0.25) is 0 Å². The summed E-state index contributed by atoms with van der Waals surface area (Å²) in [6.07, 6.45) is 9.36.